The third-order valence-electron chi connectivity index (χ3n) is 6.16. The first-order chi connectivity index (χ1) is 23.9. The van der Waals surface area contributed by atoms with Gasteiger partial charge in [0.1, 0.15) is 11.8 Å². The zero-order valence-corrected chi connectivity index (χ0v) is 30.8. The van der Waals surface area contributed by atoms with Crippen LogP contribution in [0.5, 0.6) is 5.75 Å². The maximum Gasteiger partial charge on any atom is 0.524 e. The molecule has 1 aromatic carbocycles. The Balaban J connectivity index is -0.000000913. The Labute approximate surface area is 301 Å². The predicted molar refractivity (Wildman–Crippen MR) is 188 cm³/mol. The minimum atomic E-state index is -4.65. The number of hydrogen-bond acceptors (Lipinski definition) is 14. The van der Waals surface area contributed by atoms with Crippen LogP contribution in [0.2, 0.25) is 0 Å². The quantitative estimate of drug-likeness (QED) is 0.0305. The molecule has 0 saturated carbocycles. The lowest BCUT2D eigenvalue weighted by atomic mass is 10.0. The zero-order valence-electron chi connectivity index (χ0n) is 29.0. The largest absolute Gasteiger partial charge is 0.524 e. The highest BCUT2D eigenvalue weighted by Gasteiger charge is 2.25. The van der Waals surface area contributed by atoms with E-state index in [0.29, 0.717) is 44.6 Å². The van der Waals surface area contributed by atoms with Gasteiger partial charge in [-0.2, -0.15) is 0 Å². The fraction of sp³-hybridized carbons (Fsp3) is 0.586. The molecule has 1 aromatic rings. The molecule has 2 amide bonds. The number of likely N-dealkylation sites (N-methyl/N-ethyl adjacent to an activating group) is 1. The first kappa shape index (κ1) is 51.4. The number of amides is 2. The highest BCUT2D eigenvalue weighted by atomic mass is 32.1. The van der Waals surface area contributed by atoms with Gasteiger partial charge in [0.2, 0.25) is 11.8 Å². The fourth-order valence-electron chi connectivity index (χ4n) is 3.85. The molecule has 0 heterocycles. The van der Waals surface area contributed by atoms with Gasteiger partial charge in [0, 0.05) is 39.5 Å². The summed E-state index contributed by atoms with van der Waals surface area (Å²) in [5, 5.41) is 38.9. The van der Waals surface area contributed by atoms with Crippen LogP contribution < -0.4 is 36.8 Å². The summed E-state index contributed by atoms with van der Waals surface area (Å²) < 4.78 is 20.6. The number of carbonyl (C=O) groups excluding carboxylic acids is 3. The molecular formula is C29H52N7O13PS. The topological polar surface area (TPSA) is 340 Å². The number of carboxylic acid groups (broad SMARTS) is 3. The van der Waals surface area contributed by atoms with Crippen molar-refractivity contribution in [2.75, 3.05) is 33.9 Å². The summed E-state index contributed by atoms with van der Waals surface area (Å²) in [4.78, 5) is 83.1. The summed E-state index contributed by atoms with van der Waals surface area (Å²) in [5.74, 6) is -4.81. The van der Waals surface area contributed by atoms with Crippen LogP contribution in [0.25, 0.3) is 0 Å². The van der Waals surface area contributed by atoms with Crippen molar-refractivity contribution in [1.29, 1.82) is 4.78 Å². The second-order valence-electron chi connectivity index (χ2n) is 10.4. The average Bonchev–Trinajstić information content (AvgIpc) is 3.04. The number of ketones is 1. The second kappa shape index (κ2) is 30.8. The molecule has 0 radical (unpaired) electrons. The molecule has 3 atom stereocenters. The van der Waals surface area contributed by atoms with Gasteiger partial charge in [-0.15, -0.1) is 0 Å². The molecule has 0 fully saturated rings. The molecule has 292 valence electrons. The van der Waals surface area contributed by atoms with Gasteiger partial charge in [-0.25, -0.2) is 18.9 Å². The van der Waals surface area contributed by atoms with E-state index in [1.54, 1.807) is 26.2 Å². The van der Waals surface area contributed by atoms with Gasteiger partial charge in [0.25, 0.3) is 11.8 Å². The Morgan fingerprint density at radius 1 is 0.882 bits per heavy atom. The van der Waals surface area contributed by atoms with E-state index in [0.717, 1.165) is 19.8 Å². The van der Waals surface area contributed by atoms with Crippen molar-refractivity contribution in [3.8, 4) is 5.75 Å². The van der Waals surface area contributed by atoms with Crippen LogP contribution in [0.1, 0.15) is 57.9 Å². The molecule has 0 bridgehead atoms. The van der Waals surface area contributed by atoms with Crippen LogP contribution in [0.3, 0.4) is 0 Å². The van der Waals surface area contributed by atoms with Gasteiger partial charge in [-0.1, -0.05) is 18.6 Å². The minimum Gasteiger partial charge on any atom is -0.481 e. The number of nitrogens with two attached hydrogens (primary N) is 1. The standard InChI is InChI=1S/C18H28N3O8P.C9H19N3O3.C2H4O2.HNS/c1-12(22)20-10-4-3-5-15(18(24)25)21-17(23)16(19-2)11-13-6-8-14(9-7-13)29-30(26,27)28;1-11-6-12-7(4-2-3-5-10)8(13)9(14)15;1-2(3)4;1-2/h6-9,15-16,19H,3-5,10-11H2,1-2H3,(H,20,22)(H,21,23)(H,24,25)(H2,26,27,28);7,11-12H,2-6,10H2,1H3,(H,14,15);1H3,(H,3,4);1H/t15?,16-;7-;;/m10../s1. The highest BCUT2D eigenvalue weighted by molar-refractivity contribution is 7.46. The Bertz CT molecular complexity index is 1240. The lowest BCUT2D eigenvalue weighted by molar-refractivity contribution is -0.150. The summed E-state index contributed by atoms with van der Waals surface area (Å²) in [6, 6.07) is 3.46. The van der Waals surface area contributed by atoms with E-state index < -0.39 is 55.5 Å². The summed E-state index contributed by atoms with van der Waals surface area (Å²) in [5.41, 5.74) is 6.00. The maximum atomic E-state index is 12.5. The van der Waals surface area contributed by atoms with Gasteiger partial charge < -0.3 is 46.8 Å². The Morgan fingerprint density at radius 3 is 1.84 bits per heavy atom. The number of aliphatic carboxylic acids is 3. The third kappa shape index (κ3) is 30.6. The van der Waals surface area contributed by atoms with Crippen molar-refractivity contribution < 1.29 is 63.0 Å². The van der Waals surface area contributed by atoms with Crippen molar-refractivity contribution in [2.24, 2.45) is 5.73 Å². The first-order valence-corrected chi connectivity index (χ1v) is 17.4. The summed E-state index contributed by atoms with van der Waals surface area (Å²) >= 11 is 3.33. The van der Waals surface area contributed by atoms with Crippen LogP contribution in [0.4, 0.5) is 0 Å². The van der Waals surface area contributed by atoms with Crippen molar-refractivity contribution in [3.05, 3.63) is 29.8 Å². The van der Waals surface area contributed by atoms with Crippen molar-refractivity contribution in [1.82, 2.24) is 26.6 Å². The zero-order chi connectivity index (χ0) is 40.0. The van der Waals surface area contributed by atoms with Crippen molar-refractivity contribution in [3.63, 3.8) is 0 Å². The number of phosphoric ester groups is 1. The number of hydrogen-bond donors (Lipinski definition) is 12. The Hall–Kier alpha value is -3.95. The SMILES string of the molecule is CC(=O)O.CNCN[C@@H](CCCCN)C(=O)C(=O)O.CN[C@H](Cc1ccc(OP(=O)(O)O)cc1)C(=O)NC(CCCCNC(C)=O)C(=O)O.N=S. The lowest BCUT2D eigenvalue weighted by Gasteiger charge is -2.20. The highest BCUT2D eigenvalue weighted by Crippen LogP contribution is 2.37. The number of benzene rings is 1. The van der Waals surface area contributed by atoms with Gasteiger partial charge >= 0.3 is 19.8 Å². The number of phosphoric acid groups is 1. The van der Waals surface area contributed by atoms with E-state index in [2.05, 4.69) is 43.5 Å². The molecule has 0 aliphatic carbocycles. The third-order valence-corrected chi connectivity index (χ3v) is 6.61. The fourth-order valence-corrected chi connectivity index (χ4v) is 4.24. The summed E-state index contributed by atoms with van der Waals surface area (Å²) in [7, 11) is -1.36. The number of carboxylic acids is 3. The number of nitrogens with one attached hydrogen (secondary N) is 6. The van der Waals surface area contributed by atoms with Gasteiger partial charge in [-0.05, 0) is 76.9 Å². The second-order valence-corrected chi connectivity index (χ2v) is 11.6. The van der Waals surface area contributed by atoms with E-state index in [1.807, 2.05) is 0 Å². The lowest BCUT2D eigenvalue weighted by Crippen LogP contribution is -2.50. The molecule has 13 N–H and O–H groups in total. The summed E-state index contributed by atoms with van der Waals surface area (Å²) in [6.07, 6.45) is 3.62. The van der Waals surface area contributed by atoms with Crippen LogP contribution in [0, 0.1) is 4.78 Å². The number of carbonyl (C=O) groups is 6. The number of Topliss-reactive ketones (excluding diaryl/α,β-unsaturated/α-hetero) is 1. The van der Waals surface area contributed by atoms with Crippen LogP contribution in [-0.4, -0.2) is 113 Å². The Kier molecular flexibility index (Phi) is 31.1. The molecule has 0 aromatic heterocycles. The van der Waals surface area contributed by atoms with Crippen LogP contribution in [-0.2, 0) is 52.2 Å². The normalized spacial score (nSPS) is 12.0. The smallest absolute Gasteiger partial charge is 0.481 e. The van der Waals surface area contributed by atoms with Crippen molar-refractivity contribution >= 4 is 55.8 Å². The molecule has 20 nitrogen and oxygen atoms in total. The number of rotatable bonds is 22. The monoisotopic (exact) mass is 769 g/mol. The van der Waals surface area contributed by atoms with E-state index in [1.165, 1.54) is 19.1 Å². The van der Waals surface area contributed by atoms with Crippen molar-refractivity contribution in [2.45, 2.75) is 76.9 Å². The molecule has 22 heteroatoms. The molecule has 1 rings (SSSR count). The maximum absolute atomic E-state index is 12.5. The Morgan fingerprint density at radius 2 is 1.41 bits per heavy atom. The van der Waals surface area contributed by atoms with E-state index in [4.69, 9.17) is 35.3 Å². The minimum absolute atomic E-state index is 0.0113. The molecule has 1 unspecified atom stereocenters. The van der Waals surface area contributed by atoms with E-state index >= 15 is 0 Å². The van der Waals surface area contributed by atoms with Crippen LogP contribution in [0.15, 0.2) is 24.3 Å². The summed E-state index contributed by atoms with van der Waals surface area (Å²) in [6.45, 7) is 3.89. The van der Waals surface area contributed by atoms with Crippen LogP contribution >= 0.6 is 7.82 Å². The molecule has 0 aliphatic rings. The van der Waals surface area contributed by atoms with E-state index in [-0.39, 0.29) is 24.5 Å². The number of unbranched alkanes of at least 4 members (excludes halogenated alkanes) is 2. The molecule has 0 aliphatic heterocycles. The molecule has 0 saturated heterocycles. The molecule has 0 spiro atoms. The van der Waals surface area contributed by atoms with Gasteiger partial charge in [0.05, 0.1) is 12.1 Å². The molecule has 51 heavy (non-hydrogen) atoms. The predicted octanol–water partition coefficient (Wildman–Crippen LogP) is -0.545. The van der Waals surface area contributed by atoms with Gasteiger partial charge in [-0.3, -0.25) is 34.3 Å². The average molecular weight is 770 g/mol. The first-order valence-electron chi connectivity index (χ1n) is 15.4. The molecular weight excluding hydrogens is 717 g/mol. The van der Waals surface area contributed by atoms with Gasteiger partial charge in [0.15, 0.2) is 0 Å². The van der Waals surface area contributed by atoms with E-state index in [9.17, 15) is 33.6 Å².